The van der Waals surface area contributed by atoms with Crippen molar-refractivity contribution in [1.29, 1.82) is 0 Å². The minimum atomic E-state index is -0.398. The van der Waals surface area contributed by atoms with Gasteiger partial charge in [0.2, 0.25) is 11.0 Å². The molecule has 6 nitrogen and oxygen atoms in total. The summed E-state index contributed by atoms with van der Waals surface area (Å²) in [4.78, 5) is 29.6. The van der Waals surface area contributed by atoms with Gasteiger partial charge in [-0.25, -0.2) is 9.78 Å². The SMILES string of the molecule is C[n+]1c2ccccc2c(/C=C/C(=O)OCCCCOC(=O)C/C=C/c2c3ccccc3nc3ccccc23)c2ccccc21. The van der Waals surface area contributed by atoms with Crippen molar-refractivity contribution < 1.29 is 23.6 Å². The van der Waals surface area contributed by atoms with Crippen LogP contribution in [0.1, 0.15) is 30.4 Å². The number of unbranched alkanes of at least 4 members (excludes halogenated alkanes) is 1. The van der Waals surface area contributed by atoms with Crippen molar-refractivity contribution in [3.05, 3.63) is 120 Å². The van der Waals surface area contributed by atoms with Gasteiger partial charge in [0, 0.05) is 34.5 Å². The van der Waals surface area contributed by atoms with Gasteiger partial charge in [0.05, 0.1) is 41.4 Å². The van der Waals surface area contributed by atoms with E-state index in [1.165, 1.54) is 6.08 Å². The summed E-state index contributed by atoms with van der Waals surface area (Å²) in [6.45, 7) is 0.536. The van der Waals surface area contributed by atoms with E-state index in [0.29, 0.717) is 12.8 Å². The molecule has 0 spiro atoms. The minimum absolute atomic E-state index is 0.172. The molecular formula is C38H33N2O4+. The summed E-state index contributed by atoms with van der Waals surface area (Å²) < 4.78 is 13.0. The molecule has 0 unspecified atom stereocenters. The summed E-state index contributed by atoms with van der Waals surface area (Å²) >= 11 is 0. The molecule has 6 heteroatoms. The topological polar surface area (TPSA) is 69.4 Å². The summed E-state index contributed by atoms with van der Waals surface area (Å²) in [5, 5.41) is 4.22. The van der Waals surface area contributed by atoms with Crippen LogP contribution in [0.15, 0.2) is 109 Å². The van der Waals surface area contributed by atoms with E-state index in [9.17, 15) is 9.59 Å². The molecule has 2 heterocycles. The molecule has 0 bridgehead atoms. The first kappa shape index (κ1) is 28.7. The fourth-order valence-electron chi connectivity index (χ4n) is 5.59. The second-order valence-corrected chi connectivity index (χ2v) is 10.6. The van der Waals surface area contributed by atoms with Crippen LogP contribution in [0.25, 0.3) is 55.8 Å². The van der Waals surface area contributed by atoms with Crippen molar-refractivity contribution in [2.75, 3.05) is 13.2 Å². The van der Waals surface area contributed by atoms with Gasteiger partial charge in [0.25, 0.3) is 0 Å². The molecule has 0 radical (unpaired) electrons. The van der Waals surface area contributed by atoms with Crippen molar-refractivity contribution >= 4 is 67.7 Å². The zero-order valence-electron chi connectivity index (χ0n) is 24.6. The molecule has 0 saturated heterocycles. The number of rotatable bonds is 10. The first-order valence-electron chi connectivity index (χ1n) is 14.8. The van der Waals surface area contributed by atoms with E-state index in [4.69, 9.17) is 14.5 Å². The predicted molar refractivity (Wildman–Crippen MR) is 176 cm³/mol. The molecule has 6 rings (SSSR count). The number of benzene rings is 4. The lowest BCUT2D eigenvalue weighted by Gasteiger charge is -2.07. The van der Waals surface area contributed by atoms with E-state index in [0.717, 1.165) is 54.7 Å². The Morgan fingerprint density at radius 2 is 1.16 bits per heavy atom. The number of hydrogen-bond acceptors (Lipinski definition) is 5. The van der Waals surface area contributed by atoms with E-state index in [1.807, 2.05) is 98.1 Å². The van der Waals surface area contributed by atoms with E-state index >= 15 is 0 Å². The summed E-state index contributed by atoms with van der Waals surface area (Å²) in [6.07, 6.45) is 8.51. The molecule has 0 fully saturated rings. The highest BCUT2D eigenvalue weighted by atomic mass is 16.5. The molecule has 0 aliphatic heterocycles. The van der Waals surface area contributed by atoms with E-state index in [2.05, 4.69) is 28.8 Å². The molecule has 218 valence electrons. The number of ether oxygens (including phenoxy) is 2. The van der Waals surface area contributed by atoms with Crippen molar-refractivity contribution in [2.24, 2.45) is 7.05 Å². The quantitative estimate of drug-likeness (QED) is 0.0551. The maximum atomic E-state index is 12.5. The van der Waals surface area contributed by atoms with Crippen LogP contribution in [0.4, 0.5) is 0 Å². The highest BCUT2D eigenvalue weighted by molar-refractivity contribution is 6.03. The Balaban J connectivity index is 0.978. The molecule has 6 aromatic rings. The van der Waals surface area contributed by atoms with E-state index in [-0.39, 0.29) is 25.6 Å². The predicted octanol–water partition coefficient (Wildman–Crippen LogP) is 7.50. The molecule has 0 amide bonds. The normalized spacial score (nSPS) is 11.8. The fourth-order valence-corrected chi connectivity index (χ4v) is 5.59. The molecule has 2 aromatic heterocycles. The van der Waals surface area contributed by atoms with Crippen molar-refractivity contribution in [2.45, 2.75) is 19.3 Å². The molecule has 4 aromatic carbocycles. The Hall–Kier alpha value is -5.36. The number of nitrogens with zero attached hydrogens (tertiary/aromatic N) is 2. The zero-order valence-corrected chi connectivity index (χ0v) is 24.6. The van der Waals surface area contributed by atoms with Crippen LogP contribution in [0.3, 0.4) is 0 Å². The van der Waals surface area contributed by atoms with E-state index in [1.54, 1.807) is 0 Å². The van der Waals surface area contributed by atoms with Crippen molar-refractivity contribution in [3.63, 3.8) is 0 Å². The minimum Gasteiger partial charge on any atom is -0.465 e. The Kier molecular flexibility index (Phi) is 8.69. The van der Waals surface area contributed by atoms with Gasteiger partial charge in [-0.3, -0.25) is 4.79 Å². The number of hydrogen-bond donors (Lipinski definition) is 0. The number of carbonyl (C=O) groups excluding carboxylic acids is 2. The van der Waals surface area contributed by atoms with Gasteiger partial charge < -0.3 is 9.47 Å². The van der Waals surface area contributed by atoms with Crippen molar-refractivity contribution in [3.8, 4) is 0 Å². The second-order valence-electron chi connectivity index (χ2n) is 10.6. The van der Waals surface area contributed by atoms with E-state index < -0.39 is 5.97 Å². The number of para-hydroxylation sites is 4. The third kappa shape index (κ3) is 6.20. The van der Waals surface area contributed by atoms with Crippen LogP contribution in [-0.4, -0.2) is 30.1 Å². The average molecular weight is 582 g/mol. The first-order valence-corrected chi connectivity index (χ1v) is 14.8. The van der Waals surface area contributed by atoms with Gasteiger partial charge in [-0.2, -0.15) is 4.57 Å². The molecular weight excluding hydrogens is 548 g/mol. The molecule has 0 atom stereocenters. The Bertz CT molecular complexity index is 1950. The maximum absolute atomic E-state index is 12.5. The van der Waals surface area contributed by atoms with Crippen LogP contribution in [0.2, 0.25) is 0 Å². The largest absolute Gasteiger partial charge is 0.465 e. The fraction of sp³-hybridized carbons (Fsp3) is 0.158. The molecule has 44 heavy (non-hydrogen) atoms. The third-order valence-electron chi connectivity index (χ3n) is 7.74. The highest BCUT2D eigenvalue weighted by Crippen LogP contribution is 2.28. The summed E-state index contributed by atoms with van der Waals surface area (Å²) in [7, 11) is 2.05. The maximum Gasteiger partial charge on any atom is 0.330 e. The lowest BCUT2D eigenvalue weighted by Crippen LogP contribution is -2.30. The number of esters is 2. The molecule has 0 N–H and O–H groups in total. The van der Waals surface area contributed by atoms with Crippen LogP contribution in [0.5, 0.6) is 0 Å². The van der Waals surface area contributed by atoms with Crippen LogP contribution in [0, 0.1) is 0 Å². The number of aryl methyl sites for hydroxylation is 1. The van der Waals surface area contributed by atoms with Crippen LogP contribution < -0.4 is 4.57 Å². The second kappa shape index (κ2) is 13.3. The monoisotopic (exact) mass is 581 g/mol. The Morgan fingerprint density at radius 3 is 1.77 bits per heavy atom. The molecule has 0 aliphatic rings. The highest BCUT2D eigenvalue weighted by Gasteiger charge is 2.15. The van der Waals surface area contributed by atoms with Crippen LogP contribution in [-0.2, 0) is 26.1 Å². The summed E-state index contributed by atoms with van der Waals surface area (Å²) in [5.41, 5.74) is 6.03. The standard InChI is InChI=1S/C38H33N2O4/c1-40-35-20-8-4-15-31(35)28(32-16-5-9-21-36(32)40)23-24-38(42)44-26-11-10-25-43-37(41)22-12-17-27-29-13-2-6-18-33(29)39-34-19-7-3-14-30(27)34/h2-9,12-21,23-24H,10-11,22,25-26H2,1H3/q+1/b17-12+,24-23+. The van der Waals surface area contributed by atoms with Gasteiger partial charge in [0.1, 0.15) is 7.05 Å². The van der Waals surface area contributed by atoms with Crippen molar-refractivity contribution in [1.82, 2.24) is 4.98 Å². The van der Waals surface area contributed by atoms with Gasteiger partial charge >= 0.3 is 11.9 Å². The zero-order chi connectivity index (χ0) is 30.3. The molecule has 0 aliphatic carbocycles. The number of fused-ring (bicyclic) bond motifs is 4. The Morgan fingerprint density at radius 1 is 0.659 bits per heavy atom. The van der Waals surface area contributed by atoms with Crippen LogP contribution >= 0.6 is 0 Å². The smallest absolute Gasteiger partial charge is 0.330 e. The first-order chi connectivity index (χ1) is 21.6. The third-order valence-corrected chi connectivity index (χ3v) is 7.74. The van der Waals surface area contributed by atoms with Gasteiger partial charge in [-0.05, 0) is 48.7 Å². The van der Waals surface area contributed by atoms with Gasteiger partial charge in [-0.15, -0.1) is 0 Å². The summed E-state index contributed by atoms with van der Waals surface area (Å²) in [5.74, 6) is -0.691. The number of aromatic nitrogens is 2. The molecule has 0 saturated carbocycles. The van der Waals surface area contributed by atoms with Gasteiger partial charge in [-0.1, -0.05) is 72.8 Å². The summed E-state index contributed by atoms with van der Waals surface area (Å²) in [6, 6.07) is 32.3. The number of pyridine rings is 2. The lowest BCUT2D eigenvalue weighted by atomic mass is 10.0. The average Bonchev–Trinajstić information content (AvgIpc) is 3.06. The number of carbonyl (C=O) groups is 2. The van der Waals surface area contributed by atoms with Gasteiger partial charge in [0.15, 0.2) is 0 Å². The lowest BCUT2D eigenvalue weighted by molar-refractivity contribution is -0.617. The Labute approximate surface area is 255 Å².